The number of hydrogen-bond donors (Lipinski definition) is 2. The lowest BCUT2D eigenvalue weighted by Gasteiger charge is -2.29. The number of benzene rings is 1. The number of piperidine rings is 1. The Morgan fingerprint density at radius 2 is 2.11 bits per heavy atom. The van der Waals surface area contributed by atoms with Crippen LogP contribution < -0.4 is 11.1 Å². The summed E-state index contributed by atoms with van der Waals surface area (Å²) in [5.41, 5.74) is 6.99. The summed E-state index contributed by atoms with van der Waals surface area (Å²) in [6, 6.07) is 4.99. The minimum Gasteiger partial charge on any atom is -0.398 e. The van der Waals surface area contributed by atoms with E-state index in [1.165, 1.54) is 4.90 Å². The van der Waals surface area contributed by atoms with Crippen molar-refractivity contribution in [2.75, 3.05) is 18.8 Å². The standard InChI is InChI=1S/C13H15N3O2/c14-10-5-1-4-9-11(10)13(18)16(12(9)17)8-3-2-6-15-7-8/h1,4-5,8,15H,2-3,6-7,14H2/t8-/m0/s1. The van der Waals surface area contributed by atoms with Gasteiger partial charge in [-0.2, -0.15) is 0 Å². The summed E-state index contributed by atoms with van der Waals surface area (Å²) in [6.45, 7) is 1.62. The number of fused-ring (bicyclic) bond motifs is 1. The summed E-state index contributed by atoms with van der Waals surface area (Å²) >= 11 is 0. The lowest BCUT2D eigenvalue weighted by atomic mass is 10.1. The smallest absolute Gasteiger partial charge is 0.263 e. The summed E-state index contributed by atoms with van der Waals surface area (Å²) < 4.78 is 0. The molecule has 3 N–H and O–H groups in total. The van der Waals surface area contributed by atoms with Gasteiger partial charge in [0.25, 0.3) is 11.8 Å². The second kappa shape index (κ2) is 4.10. The Hall–Kier alpha value is -1.88. The number of carbonyl (C=O) groups excluding carboxylic acids is 2. The lowest BCUT2D eigenvalue weighted by Crippen LogP contribution is -2.48. The zero-order valence-electron chi connectivity index (χ0n) is 9.98. The van der Waals surface area contributed by atoms with Crippen molar-refractivity contribution in [2.24, 2.45) is 0 Å². The van der Waals surface area contributed by atoms with Crippen molar-refractivity contribution < 1.29 is 9.59 Å². The highest BCUT2D eigenvalue weighted by Crippen LogP contribution is 2.30. The Balaban J connectivity index is 1.99. The zero-order chi connectivity index (χ0) is 12.7. The second-order valence-corrected chi connectivity index (χ2v) is 4.75. The van der Waals surface area contributed by atoms with Crippen molar-refractivity contribution in [1.29, 1.82) is 0 Å². The van der Waals surface area contributed by atoms with Crippen molar-refractivity contribution in [3.63, 3.8) is 0 Å². The van der Waals surface area contributed by atoms with Gasteiger partial charge in [0.05, 0.1) is 17.2 Å². The van der Waals surface area contributed by atoms with E-state index in [9.17, 15) is 9.59 Å². The molecule has 5 nitrogen and oxygen atoms in total. The highest BCUT2D eigenvalue weighted by Gasteiger charge is 2.41. The normalized spacial score (nSPS) is 23.3. The van der Waals surface area contributed by atoms with Crippen molar-refractivity contribution in [3.05, 3.63) is 29.3 Å². The monoisotopic (exact) mass is 245 g/mol. The summed E-state index contributed by atoms with van der Waals surface area (Å²) in [7, 11) is 0. The molecule has 0 aliphatic carbocycles. The van der Waals surface area contributed by atoms with Crippen LogP contribution in [0.25, 0.3) is 0 Å². The first-order valence-electron chi connectivity index (χ1n) is 6.17. The topological polar surface area (TPSA) is 75.4 Å². The van der Waals surface area contributed by atoms with Gasteiger partial charge < -0.3 is 11.1 Å². The van der Waals surface area contributed by atoms with Crippen LogP contribution in [0.3, 0.4) is 0 Å². The van der Waals surface area contributed by atoms with Gasteiger partial charge in [0.15, 0.2) is 0 Å². The quantitative estimate of drug-likeness (QED) is 0.561. The molecule has 5 heteroatoms. The summed E-state index contributed by atoms with van der Waals surface area (Å²) in [5.74, 6) is -0.460. The molecular formula is C13H15N3O2. The maximum absolute atomic E-state index is 12.3. The molecule has 1 aromatic rings. The first-order chi connectivity index (χ1) is 8.70. The Kier molecular flexibility index (Phi) is 2.56. The Labute approximate surface area is 105 Å². The van der Waals surface area contributed by atoms with Gasteiger partial charge in [0, 0.05) is 12.2 Å². The van der Waals surface area contributed by atoms with Crippen LogP contribution in [0.5, 0.6) is 0 Å². The fourth-order valence-electron chi connectivity index (χ4n) is 2.71. The van der Waals surface area contributed by atoms with Gasteiger partial charge in [-0.3, -0.25) is 14.5 Å². The van der Waals surface area contributed by atoms with Gasteiger partial charge in [-0.1, -0.05) is 6.07 Å². The molecule has 2 heterocycles. The van der Waals surface area contributed by atoms with E-state index in [0.717, 1.165) is 19.4 Å². The van der Waals surface area contributed by atoms with Crippen LogP contribution in [0.4, 0.5) is 5.69 Å². The van der Waals surface area contributed by atoms with Crippen LogP contribution >= 0.6 is 0 Å². The third-order valence-electron chi connectivity index (χ3n) is 3.61. The van der Waals surface area contributed by atoms with E-state index < -0.39 is 0 Å². The predicted molar refractivity (Wildman–Crippen MR) is 67.2 cm³/mol. The van der Waals surface area contributed by atoms with Gasteiger partial charge >= 0.3 is 0 Å². The van der Waals surface area contributed by atoms with E-state index in [1.54, 1.807) is 18.2 Å². The minimum atomic E-state index is -0.248. The van der Waals surface area contributed by atoms with Gasteiger partial charge in [-0.05, 0) is 31.5 Å². The SMILES string of the molecule is Nc1cccc2c1C(=O)N([C@H]1CCCNC1)C2=O. The van der Waals surface area contributed by atoms with Crippen LogP contribution in [-0.4, -0.2) is 35.8 Å². The number of nitrogen functional groups attached to an aromatic ring is 1. The molecule has 2 aliphatic rings. The van der Waals surface area contributed by atoms with Crippen molar-refractivity contribution in [3.8, 4) is 0 Å². The number of nitrogens with zero attached hydrogens (tertiary/aromatic N) is 1. The molecule has 0 radical (unpaired) electrons. The maximum atomic E-state index is 12.3. The fraction of sp³-hybridized carbons (Fsp3) is 0.385. The predicted octanol–water partition coefficient (Wildman–Crippen LogP) is 0.617. The highest BCUT2D eigenvalue weighted by atomic mass is 16.2. The number of carbonyl (C=O) groups is 2. The summed E-state index contributed by atoms with van der Waals surface area (Å²) in [6.07, 6.45) is 1.84. The number of nitrogens with one attached hydrogen (secondary N) is 1. The van der Waals surface area contributed by atoms with Crippen molar-refractivity contribution >= 4 is 17.5 Å². The molecule has 0 bridgehead atoms. The van der Waals surface area contributed by atoms with Gasteiger partial charge in [-0.15, -0.1) is 0 Å². The number of nitrogens with two attached hydrogens (primary N) is 1. The van der Waals surface area contributed by atoms with Crippen LogP contribution in [0.1, 0.15) is 33.6 Å². The van der Waals surface area contributed by atoms with E-state index in [1.807, 2.05) is 0 Å². The average Bonchev–Trinajstić information content (AvgIpc) is 2.64. The Morgan fingerprint density at radius 1 is 1.28 bits per heavy atom. The minimum absolute atomic E-state index is 0.0504. The van der Waals surface area contributed by atoms with E-state index in [0.29, 0.717) is 23.4 Å². The molecule has 1 saturated heterocycles. The molecule has 1 fully saturated rings. The van der Waals surface area contributed by atoms with E-state index in [4.69, 9.17) is 5.73 Å². The lowest BCUT2D eigenvalue weighted by molar-refractivity contribution is 0.0561. The van der Waals surface area contributed by atoms with Crippen molar-refractivity contribution in [2.45, 2.75) is 18.9 Å². The third-order valence-corrected chi connectivity index (χ3v) is 3.61. The van der Waals surface area contributed by atoms with Gasteiger partial charge in [0.2, 0.25) is 0 Å². The average molecular weight is 245 g/mol. The molecule has 0 unspecified atom stereocenters. The number of anilines is 1. The number of rotatable bonds is 1. The van der Waals surface area contributed by atoms with Crippen LogP contribution in [0.2, 0.25) is 0 Å². The van der Waals surface area contributed by atoms with Crippen LogP contribution in [0.15, 0.2) is 18.2 Å². The van der Waals surface area contributed by atoms with E-state index in [2.05, 4.69) is 5.32 Å². The summed E-state index contributed by atoms with van der Waals surface area (Å²) in [4.78, 5) is 26.0. The molecule has 1 atom stereocenters. The number of imide groups is 1. The second-order valence-electron chi connectivity index (χ2n) is 4.75. The molecule has 2 amide bonds. The first kappa shape index (κ1) is 11.2. The molecule has 18 heavy (non-hydrogen) atoms. The maximum Gasteiger partial charge on any atom is 0.263 e. The van der Waals surface area contributed by atoms with Gasteiger partial charge in [-0.25, -0.2) is 0 Å². The van der Waals surface area contributed by atoms with Crippen molar-refractivity contribution in [1.82, 2.24) is 10.2 Å². The number of hydrogen-bond acceptors (Lipinski definition) is 4. The van der Waals surface area contributed by atoms with E-state index in [-0.39, 0.29) is 17.9 Å². The largest absolute Gasteiger partial charge is 0.398 e. The third kappa shape index (κ3) is 1.51. The molecule has 3 rings (SSSR count). The molecule has 1 aromatic carbocycles. The fourth-order valence-corrected chi connectivity index (χ4v) is 2.71. The van der Waals surface area contributed by atoms with Crippen LogP contribution in [0, 0.1) is 0 Å². The summed E-state index contributed by atoms with van der Waals surface area (Å²) in [5, 5.41) is 3.22. The van der Waals surface area contributed by atoms with Crippen LogP contribution in [-0.2, 0) is 0 Å². The Morgan fingerprint density at radius 3 is 2.78 bits per heavy atom. The highest BCUT2D eigenvalue weighted by molar-refractivity contribution is 6.23. The zero-order valence-corrected chi connectivity index (χ0v) is 9.98. The Bertz CT molecular complexity index is 521. The molecule has 2 aliphatic heterocycles. The molecule has 0 aromatic heterocycles. The van der Waals surface area contributed by atoms with E-state index >= 15 is 0 Å². The molecule has 94 valence electrons. The molecular weight excluding hydrogens is 230 g/mol. The number of amides is 2. The first-order valence-corrected chi connectivity index (χ1v) is 6.17. The molecule has 0 spiro atoms. The van der Waals surface area contributed by atoms with Gasteiger partial charge in [0.1, 0.15) is 0 Å². The molecule has 0 saturated carbocycles.